The first-order chi connectivity index (χ1) is 29.2. The van der Waals surface area contributed by atoms with Crippen LogP contribution in [0.5, 0.6) is 5.75 Å². The number of carbonyl (C=O) groups is 5. The number of fused-ring (bicyclic) bond motifs is 2. The number of ether oxygens (including phenoxy) is 1. The SMILES string of the molecule is COc1cc2nn(C3CCC(CN4CCC5(CC4)CC(N(C)c4cccc6c4C(=O)N(C4CCC(=O)NC4=O)C6=O)C5)CC3)cc2cc1NC(=O)c1cccc(C(F)(F)F)n1. The zero-order valence-electron chi connectivity index (χ0n) is 34.0. The Hall–Kier alpha value is -5.84. The standard InChI is InChI=1S/C44H47F3N8O6/c1-52(33-7-3-5-29-38(33)42(60)55(41(29)59)34-13-14-37(56)50-40(34)58)28-21-43(22-28)15-17-53(18-16-43)23-25-9-11-27(12-10-25)54-24-26-19-32(35(61-2)20-31(26)51-54)49-39(57)30-6-4-8-36(48-30)44(45,46)47/h3-8,19-20,24-25,27-28,34H,9-18,21-23H2,1-2H3,(H,49,57)(H,50,56,58). The number of hydrogen-bond acceptors (Lipinski definition) is 10. The summed E-state index contributed by atoms with van der Waals surface area (Å²) in [4.78, 5) is 73.6. The Kier molecular flexibility index (Phi) is 10.4. The van der Waals surface area contributed by atoms with Gasteiger partial charge in [0.2, 0.25) is 11.8 Å². The number of carbonyl (C=O) groups excluding carboxylic acids is 5. The maximum atomic E-state index is 13.7. The molecule has 61 heavy (non-hydrogen) atoms. The molecule has 1 atom stereocenters. The zero-order chi connectivity index (χ0) is 42.8. The number of piperidine rings is 2. The number of hydrogen-bond donors (Lipinski definition) is 2. The maximum absolute atomic E-state index is 13.7. The van der Waals surface area contributed by atoms with E-state index < -0.39 is 47.4 Å². The van der Waals surface area contributed by atoms with Crippen LogP contribution < -0.4 is 20.3 Å². The average molecular weight is 841 g/mol. The molecule has 4 aromatic rings. The number of pyridine rings is 1. The molecule has 5 aliphatic rings. The van der Waals surface area contributed by atoms with Gasteiger partial charge in [0.1, 0.15) is 23.2 Å². The van der Waals surface area contributed by atoms with E-state index in [2.05, 4.69) is 25.4 Å². The van der Waals surface area contributed by atoms with E-state index in [1.807, 2.05) is 24.0 Å². The van der Waals surface area contributed by atoms with E-state index in [1.54, 1.807) is 24.3 Å². The van der Waals surface area contributed by atoms with Crippen LogP contribution in [0.2, 0.25) is 0 Å². The fourth-order valence-corrected chi connectivity index (χ4v) is 10.2. The number of likely N-dealkylation sites (tertiary alicyclic amines) is 1. The number of amides is 5. The van der Waals surface area contributed by atoms with E-state index >= 15 is 0 Å². The lowest BCUT2D eigenvalue weighted by atomic mass is 9.60. The van der Waals surface area contributed by atoms with E-state index in [-0.39, 0.29) is 36.0 Å². The smallest absolute Gasteiger partial charge is 0.433 e. The van der Waals surface area contributed by atoms with Crippen molar-refractivity contribution in [3.8, 4) is 5.75 Å². The summed E-state index contributed by atoms with van der Waals surface area (Å²) in [5.41, 5.74) is 1.08. The third-order valence-corrected chi connectivity index (χ3v) is 13.7. The van der Waals surface area contributed by atoms with Crippen molar-refractivity contribution < 1.29 is 41.9 Å². The van der Waals surface area contributed by atoms with Gasteiger partial charge in [0.25, 0.3) is 17.7 Å². The molecular formula is C44H47F3N8O6. The van der Waals surface area contributed by atoms with Gasteiger partial charge in [0.05, 0.1) is 41.2 Å². The Morgan fingerprint density at radius 3 is 2.43 bits per heavy atom. The predicted molar refractivity (Wildman–Crippen MR) is 217 cm³/mol. The van der Waals surface area contributed by atoms with Crippen LogP contribution in [0.3, 0.4) is 0 Å². The molecule has 3 aliphatic heterocycles. The van der Waals surface area contributed by atoms with Crippen molar-refractivity contribution in [2.45, 2.75) is 88.5 Å². The molecule has 9 rings (SSSR count). The molecule has 2 saturated heterocycles. The van der Waals surface area contributed by atoms with E-state index in [4.69, 9.17) is 9.84 Å². The lowest BCUT2D eigenvalue weighted by Crippen LogP contribution is -2.55. The second-order valence-electron chi connectivity index (χ2n) is 17.4. The minimum atomic E-state index is -4.67. The molecule has 1 spiro atoms. The van der Waals surface area contributed by atoms with E-state index in [0.29, 0.717) is 39.7 Å². The second kappa shape index (κ2) is 15.6. The highest BCUT2D eigenvalue weighted by molar-refractivity contribution is 6.25. The van der Waals surface area contributed by atoms with Crippen molar-refractivity contribution in [2.24, 2.45) is 11.3 Å². The second-order valence-corrected chi connectivity index (χ2v) is 17.4. The highest BCUT2D eigenvalue weighted by Gasteiger charge is 2.50. The quantitative estimate of drug-likeness (QED) is 0.185. The van der Waals surface area contributed by atoms with Crippen LogP contribution in [0, 0.1) is 11.3 Å². The van der Waals surface area contributed by atoms with E-state index in [0.717, 1.165) is 93.4 Å². The van der Waals surface area contributed by atoms with Crippen molar-refractivity contribution in [1.82, 2.24) is 29.9 Å². The fourth-order valence-electron chi connectivity index (χ4n) is 10.2. The van der Waals surface area contributed by atoms with Crippen molar-refractivity contribution in [1.29, 1.82) is 0 Å². The average Bonchev–Trinajstić information content (AvgIpc) is 3.76. The van der Waals surface area contributed by atoms with Gasteiger partial charge in [-0.2, -0.15) is 18.3 Å². The molecule has 4 fully saturated rings. The highest BCUT2D eigenvalue weighted by atomic mass is 19.4. The molecule has 5 heterocycles. The molecular weight excluding hydrogens is 794 g/mol. The molecule has 0 bridgehead atoms. The number of alkyl halides is 3. The molecule has 14 nitrogen and oxygen atoms in total. The molecule has 2 saturated carbocycles. The van der Waals surface area contributed by atoms with Crippen molar-refractivity contribution in [2.75, 3.05) is 44.0 Å². The van der Waals surface area contributed by atoms with Crippen LogP contribution in [0.1, 0.15) is 107 Å². The number of imide groups is 2. The summed E-state index contributed by atoms with van der Waals surface area (Å²) in [6, 6.07) is 11.4. The lowest BCUT2D eigenvalue weighted by molar-refractivity contribution is -0.141. The van der Waals surface area contributed by atoms with Crippen LogP contribution >= 0.6 is 0 Å². The molecule has 2 N–H and O–H groups in total. The maximum Gasteiger partial charge on any atom is 0.433 e. The minimum absolute atomic E-state index is 0.0779. The Labute approximate surface area is 349 Å². The van der Waals surface area contributed by atoms with Gasteiger partial charge in [-0.15, -0.1) is 0 Å². The van der Waals surface area contributed by atoms with Crippen molar-refractivity contribution in [3.63, 3.8) is 0 Å². The van der Waals surface area contributed by atoms with Gasteiger partial charge in [-0.05, 0) is 113 Å². The first kappa shape index (κ1) is 40.6. The van der Waals surface area contributed by atoms with Gasteiger partial charge in [0, 0.05) is 43.7 Å². The number of aromatic nitrogens is 3. The molecule has 1 unspecified atom stereocenters. The van der Waals surface area contributed by atoms with Gasteiger partial charge >= 0.3 is 6.18 Å². The number of rotatable bonds is 9. The molecule has 2 aromatic carbocycles. The van der Waals surface area contributed by atoms with Gasteiger partial charge in [-0.1, -0.05) is 12.1 Å². The number of benzene rings is 2. The molecule has 0 radical (unpaired) electrons. The van der Waals surface area contributed by atoms with Crippen LogP contribution in [-0.2, 0) is 15.8 Å². The first-order valence-corrected chi connectivity index (χ1v) is 20.9. The summed E-state index contributed by atoms with van der Waals surface area (Å²) in [6.07, 6.45) is 5.84. The van der Waals surface area contributed by atoms with E-state index in [1.165, 1.54) is 13.2 Å². The van der Waals surface area contributed by atoms with E-state index in [9.17, 15) is 37.1 Å². The predicted octanol–water partition coefficient (Wildman–Crippen LogP) is 6.22. The van der Waals surface area contributed by atoms with Gasteiger partial charge < -0.3 is 19.9 Å². The monoisotopic (exact) mass is 840 g/mol. The van der Waals surface area contributed by atoms with Gasteiger partial charge in [-0.3, -0.25) is 38.9 Å². The highest BCUT2D eigenvalue weighted by Crippen LogP contribution is 2.52. The molecule has 320 valence electrons. The summed E-state index contributed by atoms with van der Waals surface area (Å²) in [6.45, 7) is 3.14. The summed E-state index contributed by atoms with van der Waals surface area (Å²) < 4.78 is 47.1. The van der Waals surface area contributed by atoms with Crippen molar-refractivity contribution >= 4 is 51.8 Å². The number of anilines is 2. The van der Waals surface area contributed by atoms with Crippen molar-refractivity contribution in [3.05, 3.63) is 77.2 Å². The summed E-state index contributed by atoms with van der Waals surface area (Å²) in [7, 11) is 3.44. The third-order valence-electron chi connectivity index (χ3n) is 13.7. The normalized spacial score (nSPS) is 23.2. The fraction of sp³-hybridized carbons (Fsp3) is 0.477. The number of nitrogens with one attached hydrogen (secondary N) is 2. The summed E-state index contributed by atoms with van der Waals surface area (Å²) in [5.74, 6) is -1.85. The number of nitrogens with zero attached hydrogens (tertiary/aromatic N) is 6. The number of methoxy groups -OCH3 is 1. The van der Waals surface area contributed by atoms with Crippen LogP contribution in [0.4, 0.5) is 24.5 Å². The third kappa shape index (κ3) is 7.61. The molecule has 17 heteroatoms. The molecule has 2 aliphatic carbocycles. The Morgan fingerprint density at radius 1 is 0.984 bits per heavy atom. The Bertz CT molecular complexity index is 2430. The van der Waals surface area contributed by atoms with Crippen LogP contribution in [0.15, 0.2) is 54.7 Å². The number of halogens is 3. The topological polar surface area (TPSA) is 159 Å². The largest absolute Gasteiger partial charge is 0.494 e. The zero-order valence-corrected chi connectivity index (χ0v) is 34.0. The summed E-state index contributed by atoms with van der Waals surface area (Å²) in [5, 5.41) is 10.5. The molecule has 5 amide bonds. The first-order valence-electron chi connectivity index (χ1n) is 20.9. The van der Waals surface area contributed by atoms with Gasteiger partial charge in [-0.25, -0.2) is 4.98 Å². The minimum Gasteiger partial charge on any atom is -0.494 e. The Balaban J connectivity index is 0.761. The van der Waals surface area contributed by atoms with Crippen LogP contribution in [-0.4, -0.2) is 100.0 Å². The van der Waals surface area contributed by atoms with Gasteiger partial charge in [0.15, 0.2) is 0 Å². The lowest BCUT2D eigenvalue weighted by Gasteiger charge is -2.55. The summed E-state index contributed by atoms with van der Waals surface area (Å²) >= 11 is 0. The Morgan fingerprint density at radius 2 is 1.72 bits per heavy atom. The molecule has 2 aromatic heterocycles. The van der Waals surface area contributed by atoms with Crippen LogP contribution in [0.25, 0.3) is 10.9 Å².